The van der Waals surface area contributed by atoms with Crippen LogP contribution in [-0.4, -0.2) is 11.0 Å². The van der Waals surface area contributed by atoms with Crippen LogP contribution in [0.15, 0.2) is 42.5 Å². The molecule has 0 saturated heterocycles. The molecule has 3 nitrogen and oxygen atoms in total. The molecule has 0 heterocycles. The fourth-order valence-electron chi connectivity index (χ4n) is 1.95. The molecule has 0 radical (unpaired) electrons. The fraction of sp³-hybridized carbons (Fsp3) is 0.188. The van der Waals surface area contributed by atoms with Gasteiger partial charge in [0.2, 0.25) is 0 Å². The van der Waals surface area contributed by atoms with Gasteiger partial charge in [0.25, 0.3) is 5.91 Å². The van der Waals surface area contributed by atoms with Crippen LogP contribution in [0.5, 0.6) is 0 Å². The summed E-state index contributed by atoms with van der Waals surface area (Å²) in [6, 6.07) is 12.6. The van der Waals surface area contributed by atoms with Crippen LogP contribution in [0.25, 0.3) is 0 Å². The van der Waals surface area contributed by atoms with Crippen LogP contribution in [0, 0.1) is 6.92 Å². The molecule has 0 aliphatic carbocycles. The summed E-state index contributed by atoms with van der Waals surface area (Å²) in [5, 5.41) is 12.7. The fourth-order valence-corrected chi connectivity index (χ4v) is 2.07. The molecule has 2 aromatic carbocycles. The lowest BCUT2D eigenvalue weighted by atomic mass is 10.1. The van der Waals surface area contributed by atoms with Gasteiger partial charge in [-0.1, -0.05) is 35.9 Å². The molecule has 0 bridgehead atoms. The number of carbonyl (C=O) groups is 1. The second kappa shape index (κ2) is 6.55. The third-order valence-electron chi connectivity index (χ3n) is 3.15. The van der Waals surface area contributed by atoms with Gasteiger partial charge in [-0.3, -0.25) is 4.79 Å². The molecule has 0 atom stereocenters. The molecule has 0 aromatic heterocycles. The maximum atomic E-state index is 12.1. The van der Waals surface area contributed by atoms with Crippen molar-refractivity contribution in [1.82, 2.24) is 5.32 Å². The van der Waals surface area contributed by atoms with E-state index in [4.69, 9.17) is 11.6 Å². The van der Waals surface area contributed by atoms with Gasteiger partial charge in [-0.05, 0) is 41.8 Å². The number of halogens is 1. The number of hydrogen-bond donors (Lipinski definition) is 2. The molecule has 0 aliphatic rings. The summed E-state index contributed by atoms with van der Waals surface area (Å²) >= 11 is 5.94. The van der Waals surface area contributed by atoms with Crippen LogP contribution in [-0.2, 0) is 13.2 Å². The molecular formula is C16H16ClNO2. The van der Waals surface area contributed by atoms with E-state index in [2.05, 4.69) is 5.32 Å². The minimum absolute atomic E-state index is 0.0356. The second-order valence-corrected chi connectivity index (χ2v) is 4.98. The van der Waals surface area contributed by atoms with E-state index in [1.54, 1.807) is 18.2 Å². The normalized spacial score (nSPS) is 10.3. The average molecular weight is 290 g/mol. The van der Waals surface area contributed by atoms with Crippen molar-refractivity contribution in [2.75, 3.05) is 0 Å². The van der Waals surface area contributed by atoms with Gasteiger partial charge in [0.1, 0.15) is 0 Å². The van der Waals surface area contributed by atoms with Gasteiger partial charge >= 0.3 is 0 Å². The monoisotopic (exact) mass is 289 g/mol. The Morgan fingerprint density at radius 2 is 1.90 bits per heavy atom. The standard InChI is InChI=1S/C16H16ClNO2/c1-11-8-12(6-7-15(11)17)16(20)18-9-13-4-2-3-5-14(13)10-19/h2-8,19H,9-10H2,1H3,(H,18,20). The number of carbonyl (C=O) groups excluding carboxylic acids is 1. The Kier molecular flexibility index (Phi) is 4.77. The van der Waals surface area contributed by atoms with E-state index in [1.807, 2.05) is 31.2 Å². The summed E-state index contributed by atoms with van der Waals surface area (Å²) in [5.41, 5.74) is 3.18. The van der Waals surface area contributed by atoms with Crippen molar-refractivity contribution in [3.05, 3.63) is 69.7 Å². The number of amides is 1. The molecule has 104 valence electrons. The second-order valence-electron chi connectivity index (χ2n) is 4.57. The summed E-state index contributed by atoms with van der Waals surface area (Å²) < 4.78 is 0. The van der Waals surface area contributed by atoms with Gasteiger partial charge in [-0.25, -0.2) is 0 Å². The number of hydrogen-bond acceptors (Lipinski definition) is 2. The lowest BCUT2D eigenvalue weighted by Crippen LogP contribution is -2.23. The zero-order chi connectivity index (χ0) is 14.5. The van der Waals surface area contributed by atoms with Crippen LogP contribution in [0.2, 0.25) is 5.02 Å². The first kappa shape index (κ1) is 14.6. The van der Waals surface area contributed by atoms with Gasteiger partial charge in [-0.15, -0.1) is 0 Å². The molecule has 0 fully saturated rings. The van der Waals surface area contributed by atoms with Crippen molar-refractivity contribution in [1.29, 1.82) is 0 Å². The zero-order valence-electron chi connectivity index (χ0n) is 11.2. The molecule has 2 N–H and O–H groups in total. The molecule has 0 aliphatic heterocycles. The highest BCUT2D eigenvalue weighted by Gasteiger charge is 2.08. The maximum absolute atomic E-state index is 12.1. The summed E-state index contributed by atoms with van der Waals surface area (Å²) in [6.07, 6.45) is 0. The number of nitrogens with one attached hydrogen (secondary N) is 1. The Morgan fingerprint density at radius 3 is 2.55 bits per heavy atom. The SMILES string of the molecule is Cc1cc(C(=O)NCc2ccccc2CO)ccc1Cl. The molecule has 2 aromatic rings. The van der Waals surface area contributed by atoms with Crippen LogP contribution in [0.3, 0.4) is 0 Å². The highest BCUT2D eigenvalue weighted by Crippen LogP contribution is 2.16. The predicted octanol–water partition coefficient (Wildman–Crippen LogP) is 3.07. The van der Waals surface area contributed by atoms with Crippen molar-refractivity contribution in [3.8, 4) is 0 Å². The van der Waals surface area contributed by atoms with Crippen molar-refractivity contribution >= 4 is 17.5 Å². The first-order valence-corrected chi connectivity index (χ1v) is 6.71. The van der Waals surface area contributed by atoms with Gasteiger partial charge < -0.3 is 10.4 Å². The Balaban J connectivity index is 2.06. The first-order chi connectivity index (χ1) is 9.61. The smallest absolute Gasteiger partial charge is 0.251 e. The lowest BCUT2D eigenvalue weighted by Gasteiger charge is -2.09. The van der Waals surface area contributed by atoms with E-state index in [1.165, 1.54) is 0 Å². The summed E-state index contributed by atoms with van der Waals surface area (Å²) in [5.74, 6) is -0.155. The largest absolute Gasteiger partial charge is 0.392 e. The number of aliphatic hydroxyl groups is 1. The zero-order valence-corrected chi connectivity index (χ0v) is 11.9. The summed E-state index contributed by atoms with van der Waals surface area (Å²) in [4.78, 5) is 12.1. The van der Waals surface area contributed by atoms with Gasteiger partial charge in [0.15, 0.2) is 0 Å². The molecule has 0 unspecified atom stereocenters. The quantitative estimate of drug-likeness (QED) is 0.909. The molecule has 4 heteroatoms. The van der Waals surface area contributed by atoms with Crippen LogP contribution < -0.4 is 5.32 Å². The Bertz CT molecular complexity index is 626. The van der Waals surface area contributed by atoms with E-state index < -0.39 is 0 Å². The molecular weight excluding hydrogens is 274 g/mol. The van der Waals surface area contributed by atoms with Gasteiger partial charge in [-0.2, -0.15) is 0 Å². The lowest BCUT2D eigenvalue weighted by molar-refractivity contribution is 0.0950. The predicted molar refractivity (Wildman–Crippen MR) is 79.7 cm³/mol. The van der Waals surface area contributed by atoms with Crippen molar-refractivity contribution in [3.63, 3.8) is 0 Å². The van der Waals surface area contributed by atoms with Crippen LogP contribution in [0.4, 0.5) is 0 Å². The average Bonchev–Trinajstić information content (AvgIpc) is 2.47. The van der Waals surface area contributed by atoms with Crippen LogP contribution >= 0.6 is 11.6 Å². The number of aryl methyl sites for hydroxylation is 1. The first-order valence-electron chi connectivity index (χ1n) is 6.34. The number of aliphatic hydroxyl groups excluding tert-OH is 1. The molecule has 0 spiro atoms. The third-order valence-corrected chi connectivity index (χ3v) is 3.57. The maximum Gasteiger partial charge on any atom is 0.251 e. The molecule has 2 rings (SSSR count). The topological polar surface area (TPSA) is 49.3 Å². The number of benzene rings is 2. The summed E-state index contributed by atoms with van der Waals surface area (Å²) in [6.45, 7) is 2.21. The Hall–Kier alpha value is -1.84. The van der Waals surface area contributed by atoms with Crippen molar-refractivity contribution in [2.24, 2.45) is 0 Å². The van der Waals surface area contributed by atoms with E-state index >= 15 is 0 Å². The molecule has 1 amide bonds. The number of rotatable bonds is 4. The van der Waals surface area contributed by atoms with E-state index in [0.29, 0.717) is 17.1 Å². The van der Waals surface area contributed by atoms with Gasteiger partial charge in [0.05, 0.1) is 6.61 Å². The Labute approximate surface area is 123 Å². The van der Waals surface area contributed by atoms with Crippen molar-refractivity contribution < 1.29 is 9.90 Å². The molecule has 20 heavy (non-hydrogen) atoms. The van der Waals surface area contributed by atoms with E-state index in [-0.39, 0.29) is 12.5 Å². The van der Waals surface area contributed by atoms with Gasteiger partial charge in [0, 0.05) is 17.1 Å². The highest BCUT2D eigenvalue weighted by molar-refractivity contribution is 6.31. The van der Waals surface area contributed by atoms with Crippen LogP contribution in [0.1, 0.15) is 27.0 Å². The third kappa shape index (κ3) is 3.38. The highest BCUT2D eigenvalue weighted by atomic mass is 35.5. The molecule has 0 saturated carbocycles. The van der Waals surface area contributed by atoms with E-state index in [0.717, 1.165) is 16.7 Å². The summed E-state index contributed by atoms with van der Waals surface area (Å²) in [7, 11) is 0. The minimum Gasteiger partial charge on any atom is -0.392 e. The minimum atomic E-state index is -0.155. The Morgan fingerprint density at radius 1 is 1.20 bits per heavy atom. The van der Waals surface area contributed by atoms with Crippen molar-refractivity contribution in [2.45, 2.75) is 20.1 Å². The van der Waals surface area contributed by atoms with E-state index in [9.17, 15) is 9.90 Å².